The Morgan fingerprint density at radius 2 is 1.70 bits per heavy atom. The van der Waals surface area contributed by atoms with Crippen molar-refractivity contribution in [2.75, 3.05) is 25.1 Å². The maximum Gasteiger partial charge on any atom is 0.246 e. The fourth-order valence-corrected chi connectivity index (χ4v) is 7.40. The van der Waals surface area contributed by atoms with E-state index < -0.39 is 29.0 Å². The Bertz CT molecular complexity index is 1670. The molecule has 0 aliphatic rings. The van der Waals surface area contributed by atoms with Gasteiger partial charge in [0.2, 0.25) is 21.8 Å². The monoisotopic (exact) mass is 694 g/mol. The first-order valence-electron chi connectivity index (χ1n) is 13.5. The van der Waals surface area contributed by atoms with Gasteiger partial charge >= 0.3 is 0 Å². The van der Waals surface area contributed by atoms with E-state index in [9.17, 15) is 8.42 Å². The topological polar surface area (TPSA) is 125 Å². The molecule has 11 nitrogen and oxygen atoms in total. The Morgan fingerprint density at radius 3 is 2.21 bits per heavy atom. The third-order valence-corrected chi connectivity index (χ3v) is 11.5. The predicted octanol–water partition coefficient (Wildman–Crippen LogP) is 6.15. The molecule has 0 unspecified atom stereocenters. The summed E-state index contributed by atoms with van der Waals surface area (Å²) in [7, 11) is -3.31. The van der Waals surface area contributed by atoms with Crippen LogP contribution in [0.25, 0.3) is 17.3 Å². The van der Waals surface area contributed by atoms with Gasteiger partial charge in [0.25, 0.3) is 0 Å². The fraction of sp³-hybridized carbons (Fsp3) is 0.429. The minimum atomic E-state index is -4.47. The molecule has 0 saturated carbocycles. The highest BCUT2D eigenvalue weighted by Crippen LogP contribution is 2.41. The SMILES string of the molecule is COc1cccc(OC)c1-n1c(-c2ccc(C)o2)nnc1N(CC[Si](C)(C)C)S(=O)(=O)[C@H](C)[C@@](C)(F)c1ncc(Br)cn1. The Kier molecular flexibility index (Phi) is 9.37. The van der Waals surface area contributed by atoms with Gasteiger partial charge in [0.05, 0.1) is 18.7 Å². The van der Waals surface area contributed by atoms with Crippen LogP contribution in [0.4, 0.5) is 10.3 Å². The molecular weight excluding hydrogens is 659 g/mol. The largest absolute Gasteiger partial charge is 0.494 e. The van der Waals surface area contributed by atoms with Gasteiger partial charge in [-0.3, -0.25) is 4.57 Å². The summed E-state index contributed by atoms with van der Waals surface area (Å²) in [5.41, 5.74) is -2.10. The lowest BCUT2D eigenvalue weighted by molar-refractivity contribution is 0.174. The van der Waals surface area contributed by atoms with E-state index in [1.54, 1.807) is 37.3 Å². The zero-order valence-electron chi connectivity index (χ0n) is 25.4. The smallest absolute Gasteiger partial charge is 0.246 e. The maximum atomic E-state index is 16.5. The van der Waals surface area contributed by atoms with Crippen molar-refractivity contribution < 1.29 is 26.7 Å². The number of aromatic nitrogens is 5. The molecule has 3 aromatic heterocycles. The van der Waals surface area contributed by atoms with Crippen LogP contribution in [0.5, 0.6) is 11.5 Å². The molecule has 0 bridgehead atoms. The third-order valence-electron chi connectivity index (χ3n) is 7.10. The van der Waals surface area contributed by atoms with Crippen molar-refractivity contribution in [3.8, 4) is 28.8 Å². The standard InChI is InChI=1S/C28H36BrFN6O5SSi/c1-18-12-13-23(41-18)25-33-34-27(36(25)24-21(39-4)10-9-11-22(24)40-5)35(14-15-43(6,7)8)42(37,38)19(2)28(3,30)26-31-16-20(29)17-32-26/h9-13,16-17,19H,14-15H2,1-8H3/t19-,28-/m1/s1. The number of ether oxygens (including phenoxy) is 2. The predicted molar refractivity (Wildman–Crippen MR) is 169 cm³/mol. The summed E-state index contributed by atoms with van der Waals surface area (Å²) >= 11 is 3.24. The number of alkyl halides is 1. The third kappa shape index (κ3) is 6.62. The summed E-state index contributed by atoms with van der Waals surface area (Å²) in [4.78, 5) is 8.14. The number of methoxy groups -OCH3 is 2. The fourth-order valence-electron chi connectivity index (χ4n) is 4.40. The normalized spacial score (nSPS) is 14.3. The van der Waals surface area contributed by atoms with Crippen molar-refractivity contribution in [1.82, 2.24) is 24.7 Å². The summed E-state index contributed by atoms with van der Waals surface area (Å²) in [6.45, 7) is 10.7. The van der Waals surface area contributed by atoms with E-state index in [4.69, 9.17) is 13.9 Å². The lowest BCUT2D eigenvalue weighted by Gasteiger charge is -2.33. The van der Waals surface area contributed by atoms with E-state index in [-0.39, 0.29) is 24.1 Å². The summed E-state index contributed by atoms with van der Waals surface area (Å²) in [6.07, 6.45) is 2.76. The van der Waals surface area contributed by atoms with Crippen LogP contribution in [-0.4, -0.2) is 67.2 Å². The first-order valence-corrected chi connectivity index (χ1v) is 19.5. The van der Waals surface area contributed by atoms with E-state index in [0.717, 1.165) is 4.31 Å². The van der Waals surface area contributed by atoms with Crippen LogP contribution < -0.4 is 13.8 Å². The number of hydrogen-bond acceptors (Lipinski definition) is 9. The molecule has 3 heterocycles. The number of para-hydroxylation sites is 1. The van der Waals surface area contributed by atoms with E-state index in [1.165, 1.54) is 45.0 Å². The summed E-state index contributed by atoms with van der Waals surface area (Å²) in [5.74, 6) is 1.61. The molecule has 0 aliphatic heterocycles. The highest BCUT2D eigenvalue weighted by atomic mass is 79.9. The van der Waals surface area contributed by atoms with Crippen molar-refractivity contribution >= 4 is 40.0 Å². The zero-order valence-corrected chi connectivity index (χ0v) is 28.8. The molecule has 4 rings (SSSR count). The molecule has 2 atom stereocenters. The van der Waals surface area contributed by atoms with Crippen LogP contribution in [0.1, 0.15) is 25.4 Å². The van der Waals surface area contributed by atoms with Crippen molar-refractivity contribution in [2.45, 2.75) is 57.4 Å². The van der Waals surface area contributed by atoms with Crippen LogP contribution in [0.15, 0.2) is 51.6 Å². The minimum Gasteiger partial charge on any atom is -0.494 e. The van der Waals surface area contributed by atoms with Gasteiger partial charge in [-0.25, -0.2) is 27.1 Å². The van der Waals surface area contributed by atoms with Gasteiger partial charge in [0.15, 0.2) is 17.3 Å². The summed E-state index contributed by atoms with van der Waals surface area (Å²) < 4.78 is 66.0. The maximum absolute atomic E-state index is 16.5. The number of hydrogen-bond donors (Lipinski definition) is 0. The Labute approximate surface area is 260 Å². The average molecular weight is 696 g/mol. The number of anilines is 1. The van der Waals surface area contributed by atoms with Crippen molar-refractivity contribution in [1.29, 1.82) is 0 Å². The lowest BCUT2D eigenvalue weighted by Crippen LogP contribution is -2.48. The second kappa shape index (κ2) is 12.4. The molecule has 4 aromatic rings. The molecule has 0 N–H and O–H groups in total. The van der Waals surface area contributed by atoms with E-state index in [1.807, 2.05) is 0 Å². The summed E-state index contributed by atoms with van der Waals surface area (Å²) in [6, 6.07) is 9.21. The van der Waals surface area contributed by atoms with Gasteiger partial charge in [0.1, 0.15) is 28.2 Å². The van der Waals surface area contributed by atoms with Crippen LogP contribution >= 0.6 is 15.9 Å². The lowest BCUT2D eigenvalue weighted by atomic mass is 10.0. The van der Waals surface area contributed by atoms with Crippen molar-refractivity contribution in [3.05, 3.63) is 58.8 Å². The number of benzene rings is 1. The molecule has 1 aromatic carbocycles. The second-order valence-electron chi connectivity index (χ2n) is 11.5. The molecule has 15 heteroatoms. The van der Waals surface area contributed by atoms with Gasteiger partial charge in [0, 0.05) is 27.0 Å². The number of sulfonamides is 1. The molecule has 0 amide bonds. The van der Waals surface area contributed by atoms with Crippen molar-refractivity contribution in [3.63, 3.8) is 0 Å². The molecular formula is C28H36BrFN6O5SSi. The van der Waals surface area contributed by atoms with Gasteiger partial charge in [-0.1, -0.05) is 25.7 Å². The van der Waals surface area contributed by atoms with Gasteiger partial charge in [-0.15, -0.1) is 10.2 Å². The molecule has 232 valence electrons. The number of aryl methyl sites for hydroxylation is 1. The van der Waals surface area contributed by atoms with Gasteiger partial charge in [-0.2, -0.15) is 0 Å². The summed E-state index contributed by atoms with van der Waals surface area (Å²) in [5, 5.41) is 7.16. The highest BCUT2D eigenvalue weighted by Gasteiger charge is 2.48. The number of rotatable bonds is 12. The molecule has 0 spiro atoms. The van der Waals surface area contributed by atoms with E-state index >= 15 is 4.39 Å². The van der Waals surface area contributed by atoms with Crippen molar-refractivity contribution in [2.24, 2.45) is 0 Å². The van der Waals surface area contributed by atoms with Crippen LogP contribution in [0.2, 0.25) is 25.7 Å². The molecule has 0 saturated heterocycles. The highest BCUT2D eigenvalue weighted by molar-refractivity contribution is 9.10. The Morgan fingerprint density at radius 1 is 1.09 bits per heavy atom. The first-order chi connectivity index (χ1) is 20.1. The first kappa shape index (κ1) is 32.6. The number of halogens is 2. The minimum absolute atomic E-state index is 0.0342. The Balaban J connectivity index is 1.99. The van der Waals surface area contributed by atoms with Gasteiger partial charge < -0.3 is 13.9 Å². The van der Waals surface area contributed by atoms with Crippen LogP contribution in [-0.2, 0) is 15.7 Å². The molecule has 0 aliphatic carbocycles. The second-order valence-corrected chi connectivity index (χ2v) is 20.2. The molecule has 43 heavy (non-hydrogen) atoms. The van der Waals surface area contributed by atoms with Gasteiger partial charge in [-0.05, 0) is 67.0 Å². The van der Waals surface area contributed by atoms with Crippen LogP contribution in [0, 0.1) is 6.92 Å². The van der Waals surface area contributed by atoms with Crippen LogP contribution in [0.3, 0.4) is 0 Å². The van der Waals surface area contributed by atoms with E-state index in [2.05, 4.69) is 55.7 Å². The number of furan rings is 1. The number of nitrogens with zero attached hydrogens (tertiary/aromatic N) is 6. The van der Waals surface area contributed by atoms with E-state index in [0.29, 0.717) is 39.2 Å². The zero-order chi connectivity index (χ0) is 31.7. The average Bonchev–Trinajstić information content (AvgIpc) is 3.57. The molecule has 0 fully saturated rings. The molecule has 0 radical (unpaired) electrons. The Hall–Kier alpha value is -3.30. The quantitative estimate of drug-likeness (QED) is 0.160.